The highest BCUT2D eigenvalue weighted by molar-refractivity contribution is 7.89. The minimum Gasteiger partial charge on any atom is -0.381 e. The molecule has 0 heterocycles. The second-order valence-electron chi connectivity index (χ2n) is 5.34. The van der Waals surface area contributed by atoms with Crippen LogP contribution in [0, 0.1) is 5.82 Å². The zero-order valence-corrected chi connectivity index (χ0v) is 13.9. The van der Waals surface area contributed by atoms with Gasteiger partial charge in [-0.3, -0.25) is 0 Å². The molecule has 2 rings (SSSR count). The Morgan fingerprint density at radius 2 is 1.74 bits per heavy atom. The van der Waals surface area contributed by atoms with Crippen LogP contribution in [0.5, 0.6) is 0 Å². The summed E-state index contributed by atoms with van der Waals surface area (Å²) in [5.74, 6) is -0.574. The van der Waals surface area contributed by atoms with Gasteiger partial charge in [0.25, 0.3) is 0 Å². The van der Waals surface area contributed by atoms with Gasteiger partial charge in [-0.25, -0.2) is 17.5 Å². The molecule has 124 valence electrons. The molecule has 1 N–H and O–H groups in total. The fourth-order valence-electron chi connectivity index (χ4n) is 2.26. The number of rotatable bonds is 7. The standard InChI is InChI=1S/C17H20FNO3S/c1-13(22-2)12-23(20,21)19-17(14-7-4-3-5-8-14)15-9-6-10-16(18)11-15/h3-11,13,17,19H,12H2,1-2H3/t13-,17-/m0/s1. The Labute approximate surface area is 136 Å². The second-order valence-corrected chi connectivity index (χ2v) is 7.14. The molecule has 0 aromatic heterocycles. The Kier molecular flexibility index (Phi) is 5.87. The first-order valence-electron chi connectivity index (χ1n) is 7.24. The van der Waals surface area contributed by atoms with Crippen LogP contribution in [0.1, 0.15) is 24.1 Å². The number of halogens is 1. The van der Waals surface area contributed by atoms with Crippen molar-refractivity contribution < 1.29 is 17.5 Å². The summed E-state index contributed by atoms with van der Waals surface area (Å²) in [5.41, 5.74) is 1.29. The second kappa shape index (κ2) is 7.68. The third-order valence-corrected chi connectivity index (χ3v) is 4.97. The molecule has 0 saturated carbocycles. The number of ether oxygens (including phenoxy) is 1. The highest BCUT2D eigenvalue weighted by Crippen LogP contribution is 2.23. The predicted molar refractivity (Wildman–Crippen MR) is 88.1 cm³/mol. The Morgan fingerprint density at radius 3 is 2.35 bits per heavy atom. The first kappa shape index (κ1) is 17.6. The van der Waals surface area contributed by atoms with Gasteiger partial charge < -0.3 is 4.74 Å². The molecular formula is C17H20FNO3S. The quantitative estimate of drug-likeness (QED) is 0.845. The molecule has 0 saturated heterocycles. The maximum absolute atomic E-state index is 13.5. The lowest BCUT2D eigenvalue weighted by Crippen LogP contribution is -2.35. The van der Waals surface area contributed by atoms with Crippen molar-refractivity contribution in [2.45, 2.75) is 19.1 Å². The monoisotopic (exact) mass is 337 g/mol. The topological polar surface area (TPSA) is 55.4 Å². The van der Waals surface area contributed by atoms with Gasteiger partial charge in [-0.05, 0) is 30.2 Å². The van der Waals surface area contributed by atoms with Gasteiger partial charge in [0.1, 0.15) is 5.82 Å². The van der Waals surface area contributed by atoms with E-state index in [1.54, 1.807) is 31.2 Å². The molecule has 6 heteroatoms. The Hall–Kier alpha value is -1.76. The number of hydrogen-bond donors (Lipinski definition) is 1. The van der Waals surface area contributed by atoms with Gasteiger partial charge in [0, 0.05) is 7.11 Å². The van der Waals surface area contributed by atoms with Gasteiger partial charge in [0.2, 0.25) is 10.0 Å². The summed E-state index contributed by atoms with van der Waals surface area (Å²) < 4.78 is 45.9. The largest absolute Gasteiger partial charge is 0.381 e. The molecule has 2 aromatic carbocycles. The molecule has 0 aliphatic carbocycles. The van der Waals surface area contributed by atoms with Gasteiger partial charge in [0.05, 0.1) is 17.9 Å². The van der Waals surface area contributed by atoms with Crippen molar-refractivity contribution in [1.29, 1.82) is 0 Å². The lowest BCUT2D eigenvalue weighted by Gasteiger charge is -2.21. The average Bonchev–Trinajstić information content (AvgIpc) is 2.53. The molecule has 0 aliphatic heterocycles. The van der Waals surface area contributed by atoms with Crippen LogP contribution < -0.4 is 4.72 Å². The zero-order valence-electron chi connectivity index (χ0n) is 13.1. The van der Waals surface area contributed by atoms with Crippen molar-refractivity contribution in [1.82, 2.24) is 4.72 Å². The van der Waals surface area contributed by atoms with Crippen LogP contribution in [0.3, 0.4) is 0 Å². The lowest BCUT2D eigenvalue weighted by molar-refractivity contribution is 0.136. The number of nitrogens with one attached hydrogen (secondary N) is 1. The van der Waals surface area contributed by atoms with Crippen molar-refractivity contribution in [3.63, 3.8) is 0 Å². The summed E-state index contributed by atoms with van der Waals surface area (Å²) in [6.07, 6.45) is -0.434. The van der Waals surface area contributed by atoms with E-state index in [-0.39, 0.29) is 5.75 Å². The summed E-state index contributed by atoms with van der Waals surface area (Å²) in [4.78, 5) is 0. The molecule has 0 aliphatic rings. The molecule has 0 spiro atoms. The zero-order chi connectivity index (χ0) is 16.9. The molecule has 2 aromatic rings. The maximum atomic E-state index is 13.5. The van der Waals surface area contributed by atoms with Gasteiger partial charge in [-0.2, -0.15) is 0 Å². The van der Waals surface area contributed by atoms with Crippen LogP contribution >= 0.6 is 0 Å². The average molecular weight is 337 g/mol. The van der Waals surface area contributed by atoms with Crippen molar-refractivity contribution in [3.8, 4) is 0 Å². The van der Waals surface area contributed by atoms with Crippen molar-refractivity contribution in [2.75, 3.05) is 12.9 Å². The molecule has 0 radical (unpaired) electrons. The first-order valence-corrected chi connectivity index (χ1v) is 8.90. The van der Waals surface area contributed by atoms with Crippen molar-refractivity contribution in [3.05, 3.63) is 71.5 Å². The number of methoxy groups -OCH3 is 1. The smallest absolute Gasteiger partial charge is 0.215 e. The van der Waals surface area contributed by atoms with Crippen molar-refractivity contribution >= 4 is 10.0 Å². The van der Waals surface area contributed by atoms with Crippen LogP contribution in [0.4, 0.5) is 4.39 Å². The van der Waals surface area contributed by atoms with Crippen LogP contribution in [-0.2, 0) is 14.8 Å². The van der Waals surface area contributed by atoms with Gasteiger partial charge in [-0.15, -0.1) is 0 Å². The van der Waals surface area contributed by atoms with E-state index in [4.69, 9.17) is 4.74 Å². The van der Waals surface area contributed by atoms with Crippen LogP contribution in [0.2, 0.25) is 0 Å². The molecule has 4 nitrogen and oxygen atoms in total. The Bertz CT molecular complexity index is 735. The summed E-state index contributed by atoms with van der Waals surface area (Å²) in [7, 11) is -2.14. The molecule has 23 heavy (non-hydrogen) atoms. The first-order chi connectivity index (χ1) is 10.9. The van der Waals surface area contributed by atoms with E-state index in [1.165, 1.54) is 19.2 Å². The fourth-order valence-corrected chi connectivity index (χ4v) is 3.75. The summed E-state index contributed by atoms with van der Waals surface area (Å²) in [6.45, 7) is 1.68. The summed E-state index contributed by atoms with van der Waals surface area (Å²) >= 11 is 0. The van der Waals surface area contributed by atoms with E-state index >= 15 is 0 Å². The lowest BCUT2D eigenvalue weighted by atomic mass is 10.00. The Balaban J connectivity index is 2.35. The number of benzene rings is 2. The van der Waals surface area contributed by atoms with E-state index in [0.717, 1.165) is 5.56 Å². The fraction of sp³-hybridized carbons (Fsp3) is 0.294. The Morgan fingerprint density at radius 1 is 1.09 bits per heavy atom. The van der Waals surface area contributed by atoms with E-state index in [2.05, 4.69) is 4.72 Å². The minimum absolute atomic E-state index is 0.165. The summed E-state index contributed by atoms with van der Waals surface area (Å²) in [6, 6.07) is 14.3. The van der Waals surface area contributed by atoms with E-state index < -0.39 is 28.0 Å². The third kappa shape index (κ3) is 5.13. The molecule has 2 atom stereocenters. The predicted octanol–water partition coefficient (Wildman–Crippen LogP) is 2.87. The van der Waals surface area contributed by atoms with Crippen LogP contribution in [0.25, 0.3) is 0 Å². The third-order valence-electron chi connectivity index (χ3n) is 3.47. The molecule has 0 bridgehead atoms. The highest BCUT2D eigenvalue weighted by Gasteiger charge is 2.23. The van der Waals surface area contributed by atoms with Crippen molar-refractivity contribution in [2.24, 2.45) is 0 Å². The normalized spacial score (nSPS) is 14.4. The number of sulfonamides is 1. The van der Waals surface area contributed by atoms with Crippen LogP contribution in [0.15, 0.2) is 54.6 Å². The van der Waals surface area contributed by atoms with Crippen LogP contribution in [-0.4, -0.2) is 27.4 Å². The molecule has 0 unspecified atom stereocenters. The van der Waals surface area contributed by atoms with Gasteiger partial charge in [-0.1, -0.05) is 42.5 Å². The molecule has 0 fully saturated rings. The minimum atomic E-state index is -3.60. The van der Waals surface area contributed by atoms with Gasteiger partial charge >= 0.3 is 0 Å². The van der Waals surface area contributed by atoms with Gasteiger partial charge in [0.15, 0.2) is 0 Å². The van der Waals surface area contributed by atoms with E-state index in [0.29, 0.717) is 5.56 Å². The summed E-state index contributed by atoms with van der Waals surface area (Å²) in [5, 5.41) is 0. The highest BCUT2D eigenvalue weighted by atomic mass is 32.2. The molecular weight excluding hydrogens is 317 g/mol. The van der Waals surface area contributed by atoms with E-state index in [1.807, 2.05) is 18.2 Å². The SMILES string of the molecule is CO[C@@H](C)CS(=O)(=O)N[C@@H](c1ccccc1)c1cccc(F)c1. The molecule has 0 amide bonds. The van der Waals surface area contributed by atoms with E-state index in [9.17, 15) is 12.8 Å². The number of hydrogen-bond acceptors (Lipinski definition) is 3. The maximum Gasteiger partial charge on any atom is 0.215 e.